The van der Waals surface area contributed by atoms with Crippen LogP contribution in [0.5, 0.6) is 0 Å². The smallest absolute Gasteiger partial charge is 0.315 e. The highest BCUT2D eigenvalue weighted by Crippen LogP contribution is 2.34. The summed E-state index contributed by atoms with van der Waals surface area (Å²) < 4.78 is 0. The van der Waals surface area contributed by atoms with Gasteiger partial charge >= 0.3 is 12.0 Å². The Morgan fingerprint density at radius 2 is 1.90 bits per heavy atom. The van der Waals surface area contributed by atoms with Crippen molar-refractivity contribution in [3.63, 3.8) is 0 Å². The molecule has 0 aromatic rings. The predicted octanol–water partition coefficient (Wildman–Crippen LogP) is 1.27. The molecule has 1 aliphatic carbocycles. The predicted molar refractivity (Wildman–Crippen MR) is 77.7 cm³/mol. The van der Waals surface area contributed by atoms with E-state index >= 15 is 0 Å². The molecular weight excluding hydrogens is 258 g/mol. The van der Waals surface area contributed by atoms with Crippen LogP contribution in [0, 0.1) is 5.41 Å². The first-order valence-corrected chi connectivity index (χ1v) is 7.07. The lowest BCUT2D eigenvalue weighted by molar-refractivity contribution is -0.139. The van der Waals surface area contributed by atoms with Crippen LogP contribution < -0.4 is 10.6 Å². The average Bonchev–Trinajstić information content (AvgIpc) is 2.21. The topological polar surface area (TPSA) is 81.7 Å². The lowest BCUT2D eigenvalue weighted by Crippen LogP contribution is -2.58. The molecule has 0 aromatic carbocycles. The second-order valence-corrected chi connectivity index (χ2v) is 6.91. The number of nitrogens with one attached hydrogen (secondary N) is 2. The number of hydrogen-bond acceptors (Lipinski definition) is 3. The van der Waals surface area contributed by atoms with Gasteiger partial charge in [-0.2, -0.15) is 0 Å². The lowest BCUT2D eigenvalue weighted by atomic mass is 9.74. The van der Waals surface area contributed by atoms with Gasteiger partial charge in [0.2, 0.25) is 0 Å². The third-order valence-corrected chi connectivity index (χ3v) is 3.65. The van der Waals surface area contributed by atoms with E-state index in [-0.39, 0.29) is 17.9 Å². The first-order chi connectivity index (χ1) is 9.14. The van der Waals surface area contributed by atoms with Crippen LogP contribution in [0.25, 0.3) is 0 Å². The summed E-state index contributed by atoms with van der Waals surface area (Å²) in [5.41, 5.74) is -0.567. The fourth-order valence-corrected chi connectivity index (χ4v) is 2.76. The van der Waals surface area contributed by atoms with Gasteiger partial charge in [-0.15, -0.1) is 0 Å². The normalized spacial score (nSPS) is 17.4. The van der Waals surface area contributed by atoms with E-state index in [1.807, 2.05) is 14.1 Å². The summed E-state index contributed by atoms with van der Waals surface area (Å²) in [6.07, 6.45) is 2.46. The molecule has 0 radical (unpaired) electrons. The minimum Gasteiger partial charge on any atom is -0.481 e. The third kappa shape index (κ3) is 5.36. The van der Waals surface area contributed by atoms with Crippen molar-refractivity contribution in [2.24, 2.45) is 5.41 Å². The van der Waals surface area contributed by atoms with Crippen LogP contribution in [0.4, 0.5) is 4.79 Å². The van der Waals surface area contributed by atoms with Crippen LogP contribution in [0.1, 0.15) is 39.5 Å². The van der Waals surface area contributed by atoms with E-state index in [1.54, 1.807) is 0 Å². The van der Waals surface area contributed by atoms with Crippen molar-refractivity contribution in [3.05, 3.63) is 0 Å². The highest BCUT2D eigenvalue weighted by Gasteiger charge is 2.40. The molecule has 0 bridgehead atoms. The molecule has 6 heteroatoms. The Hall–Kier alpha value is -1.30. The molecule has 2 amide bonds. The van der Waals surface area contributed by atoms with Crippen LogP contribution in [0.2, 0.25) is 0 Å². The summed E-state index contributed by atoms with van der Waals surface area (Å²) in [6, 6.07) is -0.266. The Kier molecular flexibility index (Phi) is 5.39. The fourth-order valence-electron chi connectivity index (χ4n) is 2.76. The number of carbonyl (C=O) groups is 2. The number of carbonyl (C=O) groups excluding carboxylic acids is 1. The van der Waals surface area contributed by atoms with Crippen molar-refractivity contribution in [2.75, 3.05) is 27.2 Å². The Bertz CT molecular complexity index is 363. The van der Waals surface area contributed by atoms with Crippen LogP contribution in [0.15, 0.2) is 0 Å². The Labute approximate surface area is 120 Å². The van der Waals surface area contributed by atoms with Crippen molar-refractivity contribution >= 4 is 12.0 Å². The highest BCUT2D eigenvalue weighted by atomic mass is 16.4. The molecule has 20 heavy (non-hydrogen) atoms. The molecule has 6 nitrogen and oxygen atoms in total. The van der Waals surface area contributed by atoms with Crippen molar-refractivity contribution in [3.8, 4) is 0 Å². The summed E-state index contributed by atoms with van der Waals surface area (Å²) in [5.74, 6) is -0.863. The van der Waals surface area contributed by atoms with Crippen LogP contribution >= 0.6 is 0 Å². The van der Waals surface area contributed by atoms with Gasteiger partial charge in [0, 0.05) is 13.1 Å². The second kappa shape index (κ2) is 6.43. The van der Waals surface area contributed by atoms with Gasteiger partial charge in [-0.05, 0) is 38.8 Å². The Morgan fingerprint density at radius 3 is 2.30 bits per heavy atom. The third-order valence-electron chi connectivity index (χ3n) is 3.65. The van der Waals surface area contributed by atoms with Gasteiger partial charge in [-0.25, -0.2) is 4.79 Å². The monoisotopic (exact) mass is 285 g/mol. The van der Waals surface area contributed by atoms with Gasteiger partial charge in [-0.1, -0.05) is 13.8 Å². The van der Waals surface area contributed by atoms with Crippen molar-refractivity contribution in [2.45, 2.75) is 45.1 Å². The molecule has 3 N–H and O–H groups in total. The second-order valence-electron chi connectivity index (χ2n) is 6.91. The summed E-state index contributed by atoms with van der Waals surface area (Å²) in [6.45, 7) is 5.60. The molecular formula is C14H27N3O3. The average molecular weight is 285 g/mol. The van der Waals surface area contributed by atoms with E-state index < -0.39 is 11.5 Å². The number of rotatable bonds is 7. The lowest BCUT2D eigenvalue weighted by Gasteiger charge is -2.41. The van der Waals surface area contributed by atoms with E-state index in [0.717, 1.165) is 25.8 Å². The van der Waals surface area contributed by atoms with Crippen molar-refractivity contribution in [1.29, 1.82) is 0 Å². The molecule has 0 aromatic heterocycles. The van der Waals surface area contributed by atoms with E-state index in [4.69, 9.17) is 5.11 Å². The molecule has 116 valence electrons. The number of carboxylic acids is 1. The maximum absolute atomic E-state index is 11.9. The number of nitrogens with zero attached hydrogens (tertiary/aromatic N) is 1. The van der Waals surface area contributed by atoms with Crippen molar-refractivity contribution in [1.82, 2.24) is 15.5 Å². The first-order valence-electron chi connectivity index (χ1n) is 7.07. The molecule has 0 spiro atoms. The molecule has 1 fully saturated rings. The highest BCUT2D eigenvalue weighted by molar-refractivity contribution is 5.77. The SMILES string of the molecule is CN(C)CC(C)(C)CNC(=O)NC1(CC(=O)O)CCC1. The maximum Gasteiger partial charge on any atom is 0.315 e. The number of urea groups is 1. The minimum atomic E-state index is -0.863. The minimum absolute atomic E-state index is 0.00150. The van der Waals surface area contributed by atoms with E-state index in [1.165, 1.54) is 0 Å². The molecule has 0 aliphatic heterocycles. The van der Waals surface area contributed by atoms with Crippen molar-refractivity contribution < 1.29 is 14.7 Å². The number of aliphatic carboxylic acids is 1. The number of hydrogen-bond donors (Lipinski definition) is 3. The van der Waals surface area contributed by atoms with Gasteiger partial charge in [0.05, 0.1) is 12.0 Å². The summed E-state index contributed by atoms with van der Waals surface area (Å²) in [7, 11) is 4.00. The zero-order valence-electron chi connectivity index (χ0n) is 13.0. The van der Waals surface area contributed by atoms with Crippen LogP contribution in [0.3, 0.4) is 0 Å². The van der Waals surface area contributed by atoms with Gasteiger partial charge < -0.3 is 20.6 Å². The van der Waals surface area contributed by atoms with Gasteiger partial charge in [0.15, 0.2) is 0 Å². The summed E-state index contributed by atoms with van der Waals surface area (Å²) in [5, 5.41) is 14.6. The molecule has 1 saturated carbocycles. The quantitative estimate of drug-likeness (QED) is 0.658. The van der Waals surface area contributed by atoms with Gasteiger partial charge in [0.25, 0.3) is 0 Å². The zero-order chi connectivity index (χ0) is 15.4. The maximum atomic E-state index is 11.9. The van der Waals surface area contributed by atoms with E-state index in [9.17, 15) is 9.59 Å². The Morgan fingerprint density at radius 1 is 1.30 bits per heavy atom. The Balaban J connectivity index is 2.41. The van der Waals surface area contributed by atoms with E-state index in [2.05, 4.69) is 29.4 Å². The van der Waals surface area contributed by atoms with Gasteiger partial charge in [0.1, 0.15) is 0 Å². The summed E-state index contributed by atoms with van der Waals surface area (Å²) >= 11 is 0. The first kappa shape index (κ1) is 16.8. The standard InChI is InChI=1S/C14H27N3O3/c1-13(2,10-17(3)4)9-15-12(20)16-14(6-5-7-14)8-11(18)19/h5-10H2,1-4H3,(H,18,19)(H2,15,16,20). The summed E-state index contributed by atoms with van der Waals surface area (Å²) in [4.78, 5) is 24.9. The van der Waals surface area contributed by atoms with Gasteiger partial charge in [-0.3, -0.25) is 4.79 Å². The fraction of sp³-hybridized carbons (Fsp3) is 0.857. The van der Waals surface area contributed by atoms with Crippen LogP contribution in [-0.2, 0) is 4.79 Å². The molecule has 0 unspecified atom stereocenters. The molecule has 1 rings (SSSR count). The number of amides is 2. The molecule has 0 saturated heterocycles. The molecule has 0 heterocycles. The number of carboxylic acid groups (broad SMARTS) is 1. The molecule has 0 atom stereocenters. The molecule has 1 aliphatic rings. The van der Waals surface area contributed by atoms with Crippen LogP contribution in [-0.4, -0.2) is 54.7 Å². The largest absolute Gasteiger partial charge is 0.481 e. The zero-order valence-corrected chi connectivity index (χ0v) is 13.0. The van der Waals surface area contributed by atoms with E-state index in [0.29, 0.717) is 6.54 Å².